The standard InChI is InChI=1S/C24H26N2O/c25-17-23(11-12-23)19-7-4-8-20(13-19)24(27)14-21-9-10-22(15-24)26(21)16-18-5-2-1-3-6-18/h1-8,13,21-22,27H,9-12,14-16H2. The van der Waals surface area contributed by atoms with Crippen LogP contribution in [-0.4, -0.2) is 22.1 Å². The van der Waals surface area contributed by atoms with Crippen molar-refractivity contribution in [3.63, 3.8) is 0 Å². The molecular weight excluding hydrogens is 332 g/mol. The van der Waals surface area contributed by atoms with Crippen molar-refractivity contribution in [3.8, 4) is 6.07 Å². The Labute approximate surface area is 161 Å². The number of benzene rings is 2. The van der Waals surface area contributed by atoms with Gasteiger partial charge in [0.15, 0.2) is 0 Å². The van der Waals surface area contributed by atoms with Crippen LogP contribution in [0.5, 0.6) is 0 Å². The molecule has 3 aliphatic rings. The molecule has 0 aromatic heterocycles. The molecule has 1 aliphatic carbocycles. The first-order chi connectivity index (χ1) is 13.1. The van der Waals surface area contributed by atoms with Crippen LogP contribution in [-0.2, 0) is 17.6 Å². The van der Waals surface area contributed by atoms with Crippen molar-refractivity contribution in [1.82, 2.24) is 4.90 Å². The van der Waals surface area contributed by atoms with E-state index in [1.54, 1.807) is 0 Å². The highest BCUT2D eigenvalue weighted by molar-refractivity contribution is 5.42. The fraction of sp³-hybridized carbons (Fsp3) is 0.458. The van der Waals surface area contributed by atoms with Gasteiger partial charge >= 0.3 is 0 Å². The lowest BCUT2D eigenvalue weighted by Crippen LogP contribution is -2.49. The Kier molecular flexibility index (Phi) is 3.89. The van der Waals surface area contributed by atoms with Crippen LogP contribution in [0, 0.1) is 11.3 Å². The highest BCUT2D eigenvalue weighted by Gasteiger charge is 2.49. The second-order valence-electron chi connectivity index (χ2n) is 8.76. The molecule has 3 fully saturated rings. The SMILES string of the molecule is N#CC1(c2cccc(C3(O)CC4CCC(C3)N4Cc3ccccc3)c2)CC1. The predicted molar refractivity (Wildman–Crippen MR) is 105 cm³/mol. The third kappa shape index (κ3) is 2.88. The van der Waals surface area contributed by atoms with Crippen molar-refractivity contribution in [1.29, 1.82) is 5.26 Å². The zero-order valence-electron chi connectivity index (χ0n) is 15.6. The van der Waals surface area contributed by atoms with Gasteiger partial charge < -0.3 is 5.11 Å². The molecule has 2 bridgehead atoms. The van der Waals surface area contributed by atoms with Crippen LogP contribution < -0.4 is 0 Å². The van der Waals surface area contributed by atoms with E-state index in [0.717, 1.165) is 43.4 Å². The highest BCUT2D eigenvalue weighted by Crippen LogP contribution is 2.50. The average molecular weight is 358 g/mol. The minimum atomic E-state index is -0.763. The predicted octanol–water partition coefficient (Wildman–Crippen LogP) is 4.26. The van der Waals surface area contributed by atoms with Gasteiger partial charge in [0.25, 0.3) is 0 Å². The van der Waals surface area contributed by atoms with E-state index in [1.165, 1.54) is 18.4 Å². The number of hydrogen-bond acceptors (Lipinski definition) is 3. The van der Waals surface area contributed by atoms with E-state index >= 15 is 0 Å². The van der Waals surface area contributed by atoms with Crippen LogP contribution in [0.25, 0.3) is 0 Å². The third-order valence-corrected chi connectivity index (χ3v) is 7.04. The summed E-state index contributed by atoms with van der Waals surface area (Å²) in [6.07, 6.45) is 5.81. The number of nitriles is 1. The van der Waals surface area contributed by atoms with Crippen molar-refractivity contribution in [2.75, 3.05) is 0 Å². The van der Waals surface area contributed by atoms with Crippen LogP contribution in [0.2, 0.25) is 0 Å². The molecule has 2 heterocycles. The second-order valence-corrected chi connectivity index (χ2v) is 8.76. The van der Waals surface area contributed by atoms with E-state index in [0.29, 0.717) is 12.1 Å². The van der Waals surface area contributed by atoms with Gasteiger partial charge in [-0.2, -0.15) is 5.26 Å². The molecule has 0 radical (unpaired) electrons. The summed E-state index contributed by atoms with van der Waals surface area (Å²) in [6.45, 7) is 0.976. The van der Waals surface area contributed by atoms with Crippen LogP contribution >= 0.6 is 0 Å². The van der Waals surface area contributed by atoms with E-state index in [9.17, 15) is 10.4 Å². The lowest BCUT2D eigenvalue weighted by molar-refractivity contribution is -0.0595. The van der Waals surface area contributed by atoms with Crippen LogP contribution in [0.4, 0.5) is 0 Å². The number of piperidine rings is 1. The molecule has 138 valence electrons. The molecule has 2 atom stereocenters. The van der Waals surface area contributed by atoms with E-state index in [2.05, 4.69) is 59.5 Å². The second kappa shape index (κ2) is 6.19. The smallest absolute Gasteiger partial charge is 0.0926 e. The van der Waals surface area contributed by atoms with Gasteiger partial charge in [0.1, 0.15) is 0 Å². The number of nitrogens with zero attached hydrogens (tertiary/aromatic N) is 2. The Morgan fingerprint density at radius 1 is 0.963 bits per heavy atom. The summed E-state index contributed by atoms with van der Waals surface area (Å²) in [4.78, 5) is 2.60. The fourth-order valence-corrected chi connectivity index (χ4v) is 5.30. The largest absolute Gasteiger partial charge is 0.385 e. The Balaban J connectivity index is 1.39. The van der Waals surface area contributed by atoms with Gasteiger partial charge in [-0.15, -0.1) is 0 Å². The van der Waals surface area contributed by atoms with Crippen LogP contribution in [0.3, 0.4) is 0 Å². The first-order valence-corrected chi connectivity index (χ1v) is 10.2. The molecule has 2 aromatic rings. The quantitative estimate of drug-likeness (QED) is 0.888. The van der Waals surface area contributed by atoms with Crippen molar-refractivity contribution in [2.45, 2.75) is 68.2 Å². The highest BCUT2D eigenvalue weighted by atomic mass is 16.3. The van der Waals surface area contributed by atoms with Crippen molar-refractivity contribution in [3.05, 3.63) is 71.3 Å². The first-order valence-electron chi connectivity index (χ1n) is 10.2. The molecule has 2 aromatic carbocycles. The first kappa shape index (κ1) is 17.0. The minimum absolute atomic E-state index is 0.292. The molecule has 0 spiro atoms. The molecule has 2 saturated heterocycles. The summed E-state index contributed by atoms with van der Waals surface area (Å²) < 4.78 is 0. The van der Waals surface area contributed by atoms with Gasteiger partial charge in [0, 0.05) is 18.6 Å². The van der Waals surface area contributed by atoms with Gasteiger partial charge in [0.2, 0.25) is 0 Å². The van der Waals surface area contributed by atoms with Crippen LogP contribution in [0.1, 0.15) is 55.2 Å². The van der Waals surface area contributed by atoms with Gasteiger partial charge in [-0.25, -0.2) is 0 Å². The summed E-state index contributed by atoms with van der Waals surface area (Å²) in [5.74, 6) is 0. The Morgan fingerprint density at radius 3 is 2.26 bits per heavy atom. The Morgan fingerprint density at radius 2 is 1.63 bits per heavy atom. The zero-order chi connectivity index (χ0) is 18.5. The van der Waals surface area contributed by atoms with E-state index < -0.39 is 5.60 Å². The lowest BCUT2D eigenvalue weighted by atomic mass is 9.79. The van der Waals surface area contributed by atoms with E-state index in [1.807, 2.05) is 6.07 Å². The van der Waals surface area contributed by atoms with Gasteiger partial charge in [-0.3, -0.25) is 4.90 Å². The molecule has 5 rings (SSSR count). The van der Waals surface area contributed by atoms with E-state index in [4.69, 9.17) is 0 Å². The van der Waals surface area contributed by atoms with E-state index in [-0.39, 0.29) is 5.41 Å². The van der Waals surface area contributed by atoms with Crippen molar-refractivity contribution >= 4 is 0 Å². The lowest BCUT2D eigenvalue weighted by Gasteiger charge is -2.44. The topological polar surface area (TPSA) is 47.3 Å². The Hall–Kier alpha value is -2.15. The summed E-state index contributed by atoms with van der Waals surface area (Å²) in [7, 11) is 0. The number of fused-ring (bicyclic) bond motifs is 2. The maximum atomic E-state index is 11.6. The summed E-state index contributed by atoms with van der Waals surface area (Å²) >= 11 is 0. The molecule has 1 saturated carbocycles. The summed E-state index contributed by atoms with van der Waals surface area (Å²) in [5.41, 5.74) is 2.40. The minimum Gasteiger partial charge on any atom is -0.385 e. The molecule has 2 unspecified atom stereocenters. The molecule has 2 aliphatic heterocycles. The summed E-state index contributed by atoms with van der Waals surface area (Å²) in [5, 5.41) is 21.1. The normalized spacial score (nSPS) is 31.4. The maximum Gasteiger partial charge on any atom is 0.0926 e. The molecule has 3 heteroatoms. The van der Waals surface area contributed by atoms with Gasteiger partial charge in [0.05, 0.1) is 17.1 Å². The molecular formula is C24H26N2O. The molecule has 0 amide bonds. The zero-order valence-corrected chi connectivity index (χ0v) is 15.6. The number of rotatable bonds is 4. The van der Waals surface area contributed by atoms with Gasteiger partial charge in [-0.1, -0.05) is 54.6 Å². The summed E-state index contributed by atoms with van der Waals surface area (Å²) in [6, 6.07) is 22.3. The van der Waals surface area contributed by atoms with Crippen LogP contribution in [0.15, 0.2) is 54.6 Å². The third-order valence-electron chi connectivity index (χ3n) is 7.04. The molecule has 1 N–H and O–H groups in total. The molecule has 27 heavy (non-hydrogen) atoms. The number of aliphatic hydroxyl groups is 1. The number of hydrogen-bond donors (Lipinski definition) is 1. The monoisotopic (exact) mass is 358 g/mol. The fourth-order valence-electron chi connectivity index (χ4n) is 5.30. The maximum absolute atomic E-state index is 11.6. The van der Waals surface area contributed by atoms with Gasteiger partial charge in [-0.05, 0) is 55.2 Å². The average Bonchev–Trinajstić information content (AvgIpc) is 3.46. The van der Waals surface area contributed by atoms with Crippen molar-refractivity contribution in [2.24, 2.45) is 0 Å². The Bertz CT molecular complexity index is 867. The molecule has 3 nitrogen and oxygen atoms in total. The van der Waals surface area contributed by atoms with Crippen molar-refractivity contribution < 1.29 is 5.11 Å².